The van der Waals surface area contributed by atoms with Crippen LogP contribution in [0.1, 0.15) is 28.1 Å². The van der Waals surface area contributed by atoms with Crippen LogP contribution < -0.4 is 10.1 Å². The van der Waals surface area contributed by atoms with Crippen LogP contribution in [-0.2, 0) is 6.42 Å². The highest BCUT2D eigenvalue weighted by atomic mass is 16.5. The van der Waals surface area contributed by atoms with Gasteiger partial charge in [-0.2, -0.15) is 0 Å². The molecular formula is C20H22N2O4. The molecule has 0 amide bonds. The van der Waals surface area contributed by atoms with Crippen LogP contribution in [0.2, 0.25) is 0 Å². The lowest BCUT2D eigenvalue weighted by molar-refractivity contribution is 0.0664. The van der Waals surface area contributed by atoms with E-state index in [4.69, 9.17) is 9.15 Å². The zero-order valence-electron chi connectivity index (χ0n) is 14.7. The van der Waals surface area contributed by atoms with Crippen molar-refractivity contribution in [2.45, 2.75) is 19.8 Å². The third-order valence-electron chi connectivity index (χ3n) is 4.18. The van der Waals surface area contributed by atoms with Gasteiger partial charge in [0, 0.05) is 18.0 Å². The quantitative estimate of drug-likeness (QED) is 0.573. The second-order valence-electron chi connectivity index (χ2n) is 6.05. The van der Waals surface area contributed by atoms with Crippen LogP contribution in [0.5, 0.6) is 5.75 Å². The smallest absolute Gasteiger partial charge is 0.372 e. The lowest BCUT2D eigenvalue weighted by Crippen LogP contribution is -2.20. The summed E-state index contributed by atoms with van der Waals surface area (Å²) in [5.41, 5.74) is 2.34. The molecule has 6 nitrogen and oxygen atoms in total. The van der Waals surface area contributed by atoms with E-state index >= 15 is 0 Å². The first-order valence-corrected chi connectivity index (χ1v) is 8.64. The van der Waals surface area contributed by atoms with E-state index in [-0.39, 0.29) is 5.76 Å². The first-order chi connectivity index (χ1) is 12.7. The molecule has 0 aliphatic rings. The minimum Gasteiger partial charge on any atom is -0.493 e. The Labute approximate surface area is 151 Å². The molecule has 0 spiro atoms. The molecule has 0 aliphatic heterocycles. The molecule has 3 aromatic rings. The van der Waals surface area contributed by atoms with Gasteiger partial charge in [0.15, 0.2) is 0 Å². The van der Waals surface area contributed by atoms with Gasteiger partial charge < -0.3 is 19.6 Å². The Morgan fingerprint density at radius 1 is 1.27 bits per heavy atom. The number of hydrogen-bond acceptors (Lipinski definition) is 5. The topological polar surface area (TPSA) is 84.6 Å². The van der Waals surface area contributed by atoms with Crippen molar-refractivity contribution in [2.24, 2.45) is 0 Å². The molecule has 0 bridgehead atoms. The van der Waals surface area contributed by atoms with E-state index in [9.17, 15) is 9.90 Å². The number of furan rings is 1. The molecule has 0 fully saturated rings. The Balaban J connectivity index is 1.47. The minimum absolute atomic E-state index is 0.0341. The van der Waals surface area contributed by atoms with Crippen LogP contribution in [0.15, 0.2) is 47.1 Å². The van der Waals surface area contributed by atoms with Gasteiger partial charge in [0.25, 0.3) is 0 Å². The number of benzene rings is 1. The van der Waals surface area contributed by atoms with E-state index in [1.807, 2.05) is 18.3 Å². The van der Waals surface area contributed by atoms with Crippen LogP contribution in [0.3, 0.4) is 0 Å². The number of nitrogens with zero attached hydrogens (tertiary/aromatic N) is 1. The van der Waals surface area contributed by atoms with Gasteiger partial charge in [0.1, 0.15) is 11.3 Å². The van der Waals surface area contributed by atoms with Gasteiger partial charge in [0.05, 0.1) is 12.0 Å². The molecule has 2 heterocycles. The number of rotatable bonds is 9. The van der Waals surface area contributed by atoms with Gasteiger partial charge in [-0.15, -0.1) is 0 Å². The van der Waals surface area contributed by atoms with E-state index in [1.165, 1.54) is 5.56 Å². The highest BCUT2D eigenvalue weighted by Crippen LogP contribution is 2.33. The van der Waals surface area contributed by atoms with Crippen molar-refractivity contribution < 1.29 is 19.1 Å². The van der Waals surface area contributed by atoms with Gasteiger partial charge in [-0.05, 0) is 56.6 Å². The van der Waals surface area contributed by atoms with Crippen LogP contribution in [0.25, 0.3) is 11.0 Å². The summed E-state index contributed by atoms with van der Waals surface area (Å²) in [6.07, 6.45) is 5.45. The van der Waals surface area contributed by atoms with Gasteiger partial charge >= 0.3 is 5.97 Å². The minimum atomic E-state index is -1.07. The van der Waals surface area contributed by atoms with Crippen molar-refractivity contribution in [1.82, 2.24) is 10.3 Å². The lowest BCUT2D eigenvalue weighted by atomic mass is 10.1. The third kappa shape index (κ3) is 4.21. The fourth-order valence-corrected chi connectivity index (χ4v) is 2.87. The number of carboxylic acid groups (broad SMARTS) is 1. The summed E-state index contributed by atoms with van der Waals surface area (Å²) in [7, 11) is 0. The summed E-state index contributed by atoms with van der Waals surface area (Å²) in [6.45, 7) is 4.03. The molecule has 3 rings (SSSR count). The average Bonchev–Trinajstić information content (AvgIpc) is 3.00. The summed E-state index contributed by atoms with van der Waals surface area (Å²) in [5, 5.41) is 13.3. The summed E-state index contributed by atoms with van der Waals surface area (Å²) in [5.74, 6) is -0.442. The Hall–Kier alpha value is -2.86. The fraction of sp³-hybridized carbons (Fsp3) is 0.300. The molecule has 2 aromatic heterocycles. The summed E-state index contributed by atoms with van der Waals surface area (Å²) in [6, 6.07) is 9.40. The van der Waals surface area contributed by atoms with E-state index in [0.29, 0.717) is 23.5 Å². The monoisotopic (exact) mass is 354 g/mol. The molecule has 2 N–H and O–H groups in total. The Kier molecular flexibility index (Phi) is 5.86. The summed E-state index contributed by atoms with van der Waals surface area (Å²) < 4.78 is 11.3. The second kappa shape index (κ2) is 8.49. The molecule has 1 aromatic carbocycles. The predicted octanol–water partition coefficient (Wildman–Crippen LogP) is 3.44. The Bertz CT molecular complexity index is 874. The number of fused-ring (bicyclic) bond motifs is 1. The molecule has 6 heteroatoms. The summed E-state index contributed by atoms with van der Waals surface area (Å²) in [4.78, 5) is 15.3. The van der Waals surface area contributed by atoms with Gasteiger partial charge in [-0.3, -0.25) is 4.98 Å². The maximum Gasteiger partial charge on any atom is 0.372 e. The van der Waals surface area contributed by atoms with Crippen molar-refractivity contribution in [3.05, 3.63) is 59.6 Å². The molecule has 0 unspecified atom stereocenters. The number of ether oxygens (including phenoxy) is 1. The van der Waals surface area contributed by atoms with E-state index < -0.39 is 5.97 Å². The number of aromatic nitrogens is 1. The zero-order valence-corrected chi connectivity index (χ0v) is 14.7. The van der Waals surface area contributed by atoms with E-state index in [1.54, 1.807) is 25.3 Å². The molecule has 0 aliphatic carbocycles. The maximum atomic E-state index is 11.2. The third-order valence-corrected chi connectivity index (χ3v) is 4.18. The van der Waals surface area contributed by atoms with Crippen molar-refractivity contribution in [1.29, 1.82) is 0 Å². The van der Waals surface area contributed by atoms with Crippen molar-refractivity contribution >= 4 is 16.9 Å². The SMILES string of the molecule is Cc1c(C(=O)O)oc2cccc(OCCCNCCc3cccnc3)c12. The normalized spacial score (nSPS) is 11.0. The Morgan fingerprint density at radius 3 is 2.92 bits per heavy atom. The number of aromatic carboxylic acids is 1. The molecular weight excluding hydrogens is 332 g/mol. The molecule has 0 atom stereocenters. The Morgan fingerprint density at radius 2 is 2.15 bits per heavy atom. The lowest BCUT2D eigenvalue weighted by Gasteiger charge is -2.08. The number of hydrogen-bond donors (Lipinski definition) is 2. The van der Waals surface area contributed by atoms with E-state index in [0.717, 1.165) is 31.3 Å². The number of carboxylic acids is 1. The van der Waals surface area contributed by atoms with Crippen molar-refractivity contribution in [3.63, 3.8) is 0 Å². The van der Waals surface area contributed by atoms with Crippen LogP contribution in [0.4, 0.5) is 0 Å². The number of nitrogens with one attached hydrogen (secondary N) is 1. The molecule has 0 radical (unpaired) electrons. The van der Waals surface area contributed by atoms with Crippen LogP contribution >= 0.6 is 0 Å². The van der Waals surface area contributed by atoms with E-state index in [2.05, 4.69) is 16.4 Å². The highest BCUT2D eigenvalue weighted by molar-refractivity contribution is 5.97. The molecule has 0 saturated carbocycles. The van der Waals surface area contributed by atoms with Crippen LogP contribution in [0, 0.1) is 6.92 Å². The predicted molar refractivity (Wildman–Crippen MR) is 98.8 cm³/mol. The highest BCUT2D eigenvalue weighted by Gasteiger charge is 2.19. The number of carbonyl (C=O) groups is 1. The first kappa shape index (κ1) is 17.9. The van der Waals surface area contributed by atoms with Gasteiger partial charge in [-0.25, -0.2) is 4.79 Å². The standard InChI is InChI=1S/C20H22N2O4/c1-14-18-16(6-2-7-17(18)26-19(14)20(23)24)25-12-4-10-21-11-8-15-5-3-9-22-13-15/h2-3,5-7,9,13,21H,4,8,10-12H2,1H3,(H,23,24). The van der Waals surface area contributed by atoms with Crippen molar-refractivity contribution in [3.8, 4) is 5.75 Å². The summed E-state index contributed by atoms with van der Waals surface area (Å²) >= 11 is 0. The second-order valence-corrected chi connectivity index (χ2v) is 6.05. The van der Waals surface area contributed by atoms with Gasteiger partial charge in [0.2, 0.25) is 5.76 Å². The average molecular weight is 354 g/mol. The molecule has 136 valence electrons. The fourth-order valence-electron chi connectivity index (χ4n) is 2.87. The van der Waals surface area contributed by atoms with Crippen LogP contribution in [-0.4, -0.2) is 35.8 Å². The molecule has 0 saturated heterocycles. The van der Waals surface area contributed by atoms with Crippen molar-refractivity contribution in [2.75, 3.05) is 19.7 Å². The maximum absolute atomic E-state index is 11.2. The number of pyridine rings is 1. The van der Waals surface area contributed by atoms with Gasteiger partial charge in [-0.1, -0.05) is 12.1 Å². The zero-order chi connectivity index (χ0) is 18.4. The largest absolute Gasteiger partial charge is 0.493 e. The molecule has 26 heavy (non-hydrogen) atoms. The first-order valence-electron chi connectivity index (χ1n) is 8.64. The number of aryl methyl sites for hydroxylation is 1.